The summed E-state index contributed by atoms with van der Waals surface area (Å²) in [5.74, 6) is 0.821. The second-order valence-electron chi connectivity index (χ2n) is 5.59. The zero-order valence-corrected chi connectivity index (χ0v) is 14.8. The number of anilines is 3. The molecule has 6 nitrogen and oxygen atoms in total. The molecule has 0 aliphatic carbocycles. The highest BCUT2D eigenvalue weighted by molar-refractivity contribution is 6.05. The van der Waals surface area contributed by atoms with Gasteiger partial charge in [-0.15, -0.1) is 0 Å². The summed E-state index contributed by atoms with van der Waals surface area (Å²) >= 11 is 0. The van der Waals surface area contributed by atoms with E-state index in [1.54, 1.807) is 49.6 Å². The van der Waals surface area contributed by atoms with E-state index < -0.39 is 0 Å². The maximum Gasteiger partial charge on any atom is 0.255 e. The molecule has 2 aromatic carbocycles. The maximum atomic E-state index is 13.3. The predicted molar refractivity (Wildman–Crippen MR) is 101 cm³/mol. The molecule has 3 rings (SSSR count). The van der Waals surface area contributed by atoms with Crippen LogP contribution in [0.5, 0.6) is 11.5 Å². The number of nitrogens with zero attached hydrogens (tertiary/aromatic N) is 1. The Kier molecular flexibility index (Phi) is 5.51. The third kappa shape index (κ3) is 4.52. The predicted octanol–water partition coefficient (Wildman–Crippen LogP) is 4.23. The highest BCUT2D eigenvalue weighted by Gasteiger charge is 2.12. The number of hydrogen-bond donors (Lipinski definition) is 2. The summed E-state index contributed by atoms with van der Waals surface area (Å²) in [5, 5.41) is 5.76. The summed E-state index contributed by atoms with van der Waals surface area (Å²) in [6.45, 7) is 0. The van der Waals surface area contributed by atoms with Crippen LogP contribution in [0.3, 0.4) is 0 Å². The molecule has 7 heteroatoms. The van der Waals surface area contributed by atoms with Gasteiger partial charge in [-0.05, 0) is 42.5 Å². The highest BCUT2D eigenvalue weighted by Crippen LogP contribution is 2.29. The van der Waals surface area contributed by atoms with Crippen molar-refractivity contribution in [2.45, 2.75) is 0 Å². The highest BCUT2D eigenvalue weighted by atomic mass is 19.1. The maximum absolute atomic E-state index is 13.3. The summed E-state index contributed by atoms with van der Waals surface area (Å²) in [6, 6.07) is 14.3. The average molecular weight is 367 g/mol. The van der Waals surface area contributed by atoms with Crippen LogP contribution in [0.15, 0.2) is 60.8 Å². The second-order valence-corrected chi connectivity index (χ2v) is 5.59. The van der Waals surface area contributed by atoms with E-state index in [-0.39, 0.29) is 11.7 Å². The van der Waals surface area contributed by atoms with Gasteiger partial charge in [0.2, 0.25) is 0 Å². The molecule has 0 atom stereocenters. The topological polar surface area (TPSA) is 72.5 Å². The van der Waals surface area contributed by atoms with E-state index in [4.69, 9.17) is 9.47 Å². The molecule has 0 radical (unpaired) electrons. The van der Waals surface area contributed by atoms with E-state index in [0.29, 0.717) is 34.3 Å². The quantitative estimate of drug-likeness (QED) is 0.682. The van der Waals surface area contributed by atoms with Crippen LogP contribution < -0.4 is 20.1 Å². The van der Waals surface area contributed by atoms with Crippen molar-refractivity contribution in [2.24, 2.45) is 0 Å². The van der Waals surface area contributed by atoms with Crippen LogP contribution in [0.2, 0.25) is 0 Å². The van der Waals surface area contributed by atoms with Crippen LogP contribution in [0.4, 0.5) is 21.6 Å². The van der Waals surface area contributed by atoms with Gasteiger partial charge in [0, 0.05) is 23.5 Å². The Hall–Kier alpha value is -3.61. The number of nitrogens with one attached hydrogen (secondary N) is 2. The van der Waals surface area contributed by atoms with E-state index in [2.05, 4.69) is 15.6 Å². The summed E-state index contributed by atoms with van der Waals surface area (Å²) in [5.41, 5.74) is 1.40. The number of carbonyl (C=O) groups is 1. The molecule has 138 valence electrons. The van der Waals surface area contributed by atoms with Gasteiger partial charge in [0.1, 0.15) is 23.1 Å². The van der Waals surface area contributed by atoms with Crippen LogP contribution in [0, 0.1) is 5.82 Å². The first-order valence-electron chi connectivity index (χ1n) is 8.11. The number of methoxy groups -OCH3 is 2. The number of halogens is 1. The Morgan fingerprint density at radius 2 is 1.89 bits per heavy atom. The third-order valence-electron chi connectivity index (χ3n) is 3.77. The summed E-state index contributed by atoms with van der Waals surface area (Å²) in [7, 11) is 3.06. The van der Waals surface area contributed by atoms with Crippen molar-refractivity contribution in [1.29, 1.82) is 0 Å². The molecule has 0 saturated heterocycles. The summed E-state index contributed by atoms with van der Waals surface area (Å²) < 4.78 is 23.8. The number of rotatable bonds is 6. The molecule has 3 aromatic rings. The summed E-state index contributed by atoms with van der Waals surface area (Å²) in [6.07, 6.45) is 1.50. The van der Waals surface area contributed by atoms with Crippen molar-refractivity contribution in [3.63, 3.8) is 0 Å². The number of pyridine rings is 1. The van der Waals surface area contributed by atoms with Crippen molar-refractivity contribution in [3.8, 4) is 11.5 Å². The zero-order valence-electron chi connectivity index (χ0n) is 14.8. The number of benzene rings is 2. The number of hydrogen-bond acceptors (Lipinski definition) is 5. The minimum Gasteiger partial charge on any atom is -0.497 e. The average Bonchev–Trinajstić information content (AvgIpc) is 2.68. The molecule has 2 N–H and O–H groups in total. The molecular formula is C20H18FN3O3. The van der Waals surface area contributed by atoms with Gasteiger partial charge < -0.3 is 20.1 Å². The van der Waals surface area contributed by atoms with E-state index in [1.165, 1.54) is 25.4 Å². The first-order valence-corrected chi connectivity index (χ1v) is 8.11. The Morgan fingerprint density at radius 1 is 1.04 bits per heavy atom. The molecule has 27 heavy (non-hydrogen) atoms. The third-order valence-corrected chi connectivity index (χ3v) is 3.77. The molecule has 0 spiro atoms. The fourth-order valence-corrected chi connectivity index (χ4v) is 2.46. The SMILES string of the molecule is COc1ccc(OC)c(NC(=O)c2ccnc(Nc3cccc(F)c3)c2)c1. The number of aromatic nitrogens is 1. The van der Waals surface area contributed by atoms with Crippen molar-refractivity contribution >= 4 is 23.1 Å². The molecule has 0 fully saturated rings. The van der Waals surface area contributed by atoms with Crippen molar-refractivity contribution in [3.05, 3.63) is 72.2 Å². The molecule has 1 aromatic heterocycles. The first kappa shape index (κ1) is 18.2. The lowest BCUT2D eigenvalue weighted by molar-refractivity contribution is 0.102. The monoisotopic (exact) mass is 367 g/mol. The molecule has 0 aliphatic rings. The number of carbonyl (C=O) groups excluding carboxylic acids is 1. The Labute approximate surface area is 156 Å². The zero-order chi connectivity index (χ0) is 19.2. The fourth-order valence-electron chi connectivity index (χ4n) is 2.46. The molecule has 0 unspecified atom stereocenters. The Bertz CT molecular complexity index is 963. The summed E-state index contributed by atoms with van der Waals surface area (Å²) in [4.78, 5) is 16.8. The van der Waals surface area contributed by atoms with E-state index in [1.807, 2.05) is 0 Å². The van der Waals surface area contributed by atoms with Gasteiger partial charge in [-0.3, -0.25) is 4.79 Å². The number of ether oxygens (including phenoxy) is 2. The van der Waals surface area contributed by atoms with Crippen LogP contribution in [0.1, 0.15) is 10.4 Å². The van der Waals surface area contributed by atoms with Crippen molar-refractivity contribution < 1.29 is 18.7 Å². The smallest absolute Gasteiger partial charge is 0.255 e. The Morgan fingerprint density at radius 3 is 2.63 bits per heavy atom. The van der Waals surface area contributed by atoms with Crippen LogP contribution >= 0.6 is 0 Å². The van der Waals surface area contributed by atoms with Crippen LogP contribution in [0.25, 0.3) is 0 Å². The largest absolute Gasteiger partial charge is 0.497 e. The van der Waals surface area contributed by atoms with Gasteiger partial charge >= 0.3 is 0 Å². The van der Waals surface area contributed by atoms with E-state index in [0.717, 1.165) is 0 Å². The van der Waals surface area contributed by atoms with Gasteiger partial charge in [-0.1, -0.05) is 6.07 Å². The Balaban J connectivity index is 1.80. The molecule has 0 bridgehead atoms. The lowest BCUT2D eigenvalue weighted by Crippen LogP contribution is -2.13. The van der Waals surface area contributed by atoms with E-state index in [9.17, 15) is 9.18 Å². The van der Waals surface area contributed by atoms with Gasteiger partial charge in [0.15, 0.2) is 0 Å². The molecule has 1 amide bonds. The fraction of sp³-hybridized carbons (Fsp3) is 0.100. The molecular weight excluding hydrogens is 349 g/mol. The molecule has 0 saturated carbocycles. The van der Waals surface area contributed by atoms with Crippen molar-refractivity contribution in [1.82, 2.24) is 4.98 Å². The molecule has 1 heterocycles. The van der Waals surface area contributed by atoms with Gasteiger partial charge in [0.25, 0.3) is 5.91 Å². The normalized spacial score (nSPS) is 10.2. The van der Waals surface area contributed by atoms with Crippen LogP contribution in [-0.4, -0.2) is 25.1 Å². The lowest BCUT2D eigenvalue weighted by atomic mass is 10.2. The van der Waals surface area contributed by atoms with Gasteiger partial charge in [-0.2, -0.15) is 0 Å². The van der Waals surface area contributed by atoms with E-state index >= 15 is 0 Å². The van der Waals surface area contributed by atoms with Gasteiger partial charge in [-0.25, -0.2) is 9.37 Å². The number of amides is 1. The minimum atomic E-state index is -0.362. The first-order chi connectivity index (χ1) is 13.1. The molecule has 0 aliphatic heterocycles. The van der Waals surface area contributed by atoms with Crippen molar-refractivity contribution in [2.75, 3.05) is 24.9 Å². The minimum absolute atomic E-state index is 0.341. The second kappa shape index (κ2) is 8.18. The lowest BCUT2D eigenvalue weighted by Gasteiger charge is -2.12. The van der Waals surface area contributed by atoms with Gasteiger partial charge in [0.05, 0.1) is 19.9 Å². The standard InChI is InChI=1S/C20H18FN3O3/c1-26-16-6-7-18(27-2)17(12-16)24-20(25)13-8-9-22-19(10-13)23-15-5-3-4-14(21)11-15/h3-12H,1-2H3,(H,22,23)(H,24,25). The van der Waals surface area contributed by atoms with Crippen LogP contribution in [-0.2, 0) is 0 Å².